The Morgan fingerprint density at radius 1 is 1.50 bits per heavy atom. The maximum atomic E-state index is 4.94. The predicted octanol–water partition coefficient (Wildman–Crippen LogP) is 0.578. The van der Waals surface area contributed by atoms with Gasteiger partial charge in [-0.25, -0.2) is 0 Å². The number of thiol groups is 1. The van der Waals surface area contributed by atoms with Crippen LogP contribution >= 0.6 is 12.6 Å². The average Bonchev–Trinajstić information content (AvgIpc) is 1.83. The summed E-state index contributed by atoms with van der Waals surface area (Å²) < 4.78 is 9.75. The Hall–Kier alpha value is 0.270. The molecule has 50 valence electrons. The first-order valence-electron chi connectivity index (χ1n) is 2.47. The van der Waals surface area contributed by atoms with Crippen LogP contribution in [0.5, 0.6) is 0 Å². The maximum Gasteiger partial charge on any atom is 0.0892 e. The molecule has 0 saturated carbocycles. The summed E-state index contributed by atoms with van der Waals surface area (Å²) in [5.41, 5.74) is 0. The number of rotatable bonds is 4. The maximum absolute atomic E-state index is 4.94. The third-order valence-corrected chi connectivity index (χ3v) is 1.30. The Labute approximate surface area is 55.6 Å². The van der Waals surface area contributed by atoms with E-state index in [2.05, 4.69) is 12.6 Å². The van der Waals surface area contributed by atoms with Crippen LogP contribution in [0.2, 0.25) is 0 Å². The largest absolute Gasteiger partial charge is 0.382 e. The normalized spacial score (nSPS) is 13.9. The molecular formula is C5H12O2S. The molecule has 0 heterocycles. The van der Waals surface area contributed by atoms with E-state index in [1.54, 1.807) is 14.2 Å². The summed E-state index contributed by atoms with van der Waals surface area (Å²) >= 11 is 4.02. The van der Waals surface area contributed by atoms with Gasteiger partial charge in [-0.05, 0) is 0 Å². The third kappa shape index (κ3) is 3.29. The van der Waals surface area contributed by atoms with Crippen LogP contribution in [0, 0.1) is 0 Å². The highest BCUT2D eigenvalue weighted by atomic mass is 32.1. The summed E-state index contributed by atoms with van der Waals surface area (Å²) in [5, 5.41) is 0. The van der Waals surface area contributed by atoms with Crippen LogP contribution in [0.3, 0.4) is 0 Å². The van der Waals surface area contributed by atoms with Gasteiger partial charge in [0, 0.05) is 20.0 Å². The lowest BCUT2D eigenvalue weighted by Gasteiger charge is -2.09. The van der Waals surface area contributed by atoms with Crippen molar-refractivity contribution >= 4 is 12.6 Å². The minimum absolute atomic E-state index is 0.142. The van der Waals surface area contributed by atoms with E-state index < -0.39 is 0 Å². The van der Waals surface area contributed by atoms with Crippen molar-refractivity contribution < 1.29 is 9.47 Å². The van der Waals surface area contributed by atoms with Crippen molar-refractivity contribution in [3.63, 3.8) is 0 Å². The highest BCUT2D eigenvalue weighted by Crippen LogP contribution is 1.91. The van der Waals surface area contributed by atoms with Crippen LogP contribution in [0.25, 0.3) is 0 Å². The zero-order valence-electron chi connectivity index (χ0n) is 5.26. The zero-order chi connectivity index (χ0) is 6.41. The highest BCUT2D eigenvalue weighted by molar-refractivity contribution is 7.80. The molecule has 0 aliphatic heterocycles. The van der Waals surface area contributed by atoms with Crippen LogP contribution in [0.1, 0.15) is 0 Å². The van der Waals surface area contributed by atoms with Crippen LogP contribution in [0.4, 0.5) is 0 Å². The molecule has 0 fully saturated rings. The van der Waals surface area contributed by atoms with Gasteiger partial charge in [-0.1, -0.05) is 0 Å². The molecule has 0 radical (unpaired) electrons. The first kappa shape index (κ1) is 8.27. The number of methoxy groups -OCH3 is 2. The van der Waals surface area contributed by atoms with Crippen molar-refractivity contribution in [1.82, 2.24) is 0 Å². The minimum atomic E-state index is 0.142. The molecule has 0 aromatic carbocycles. The van der Waals surface area contributed by atoms with Crippen molar-refractivity contribution in [3.8, 4) is 0 Å². The van der Waals surface area contributed by atoms with Crippen LogP contribution in [-0.4, -0.2) is 32.7 Å². The van der Waals surface area contributed by atoms with Gasteiger partial charge in [0.15, 0.2) is 0 Å². The molecule has 2 nitrogen and oxygen atoms in total. The molecule has 0 bridgehead atoms. The fraction of sp³-hybridized carbons (Fsp3) is 1.00. The first-order valence-corrected chi connectivity index (χ1v) is 3.11. The van der Waals surface area contributed by atoms with E-state index in [1.165, 1.54) is 0 Å². The molecule has 0 saturated heterocycles. The van der Waals surface area contributed by atoms with Gasteiger partial charge in [-0.2, -0.15) is 12.6 Å². The van der Waals surface area contributed by atoms with E-state index >= 15 is 0 Å². The van der Waals surface area contributed by atoms with Gasteiger partial charge in [0.2, 0.25) is 0 Å². The second kappa shape index (κ2) is 5.41. The number of ether oxygens (including phenoxy) is 2. The summed E-state index contributed by atoms with van der Waals surface area (Å²) in [6.07, 6.45) is 0.142. The molecule has 0 N–H and O–H groups in total. The van der Waals surface area contributed by atoms with E-state index in [1.807, 2.05) is 0 Å². The lowest BCUT2D eigenvalue weighted by Crippen LogP contribution is -2.18. The van der Waals surface area contributed by atoms with Crippen molar-refractivity contribution in [2.24, 2.45) is 0 Å². The Morgan fingerprint density at radius 2 is 2.12 bits per heavy atom. The van der Waals surface area contributed by atoms with Crippen molar-refractivity contribution in [2.45, 2.75) is 6.10 Å². The third-order valence-electron chi connectivity index (χ3n) is 0.890. The summed E-state index contributed by atoms with van der Waals surface area (Å²) in [4.78, 5) is 0. The molecule has 0 aliphatic rings. The second-order valence-electron chi connectivity index (χ2n) is 1.50. The standard InChI is InChI=1S/C5H12O2S/c1-6-3-5(4-8)7-2/h5,8H,3-4H2,1-2H3. The fourth-order valence-corrected chi connectivity index (χ4v) is 0.636. The summed E-state index contributed by atoms with van der Waals surface area (Å²) in [5.74, 6) is 0.713. The topological polar surface area (TPSA) is 18.5 Å². The van der Waals surface area contributed by atoms with Gasteiger partial charge >= 0.3 is 0 Å². The van der Waals surface area contributed by atoms with E-state index in [0.29, 0.717) is 12.4 Å². The van der Waals surface area contributed by atoms with Crippen LogP contribution in [-0.2, 0) is 9.47 Å². The summed E-state index contributed by atoms with van der Waals surface area (Å²) in [7, 11) is 3.30. The predicted molar refractivity (Wildman–Crippen MR) is 36.5 cm³/mol. The lowest BCUT2D eigenvalue weighted by atomic mass is 10.4. The second-order valence-corrected chi connectivity index (χ2v) is 1.86. The first-order chi connectivity index (χ1) is 3.85. The van der Waals surface area contributed by atoms with Gasteiger partial charge in [0.05, 0.1) is 12.7 Å². The van der Waals surface area contributed by atoms with Crippen LogP contribution in [0.15, 0.2) is 0 Å². The molecule has 0 rings (SSSR count). The Kier molecular flexibility index (Phi) is 5.59. The molecule has 1 atom stereocenters. The smallest absolute Gasteiger partial charge is 0.0892 e. The molecule has 0 spiro atoms. The van der Waals surface area contributed by atoms with Crippen LogP contribution < -0.4 is 0 Å². The van der Waals surface area contributed by atoms with E-state index in [9.17, 15) is 0 Å². The lowest BCUT2D eigenvalue weighted by molar-refractivity contribution is 0.0432. The molecule has 0 aliphatic carbocycles. The molecule has 3 heteroatoms. The molecule has 8 heavy (non-hydrogen) atoms. The van der Waals surface area contributed by atoms with E-state index in [-0.39, 0.29) is 6.10 Å². The average molecular weight is 136 g/mol. The van der Waals surface area contributed by atoms with E-state index in [0.717, 1.165) is 0 Å². The number of hydrogen-bond donors (Lipinski definition) is 1. The SMILES string of the molecule is COCC(CS)OC. The summed E-state index contributed by atoms with van der Waals surface area (Å²) in [6.45, 7) is 0.625. The van der Waals surface area contributed by atoms with Gasteiger partial charge in [-0.15, -0.1) is 0 Å². The molecule has 0 amide bonds. The molecular weight excluding hydrogens is 124 g/mol. The minimum Gasteiger partial charge on any atom is -0.382 e. The Morgan fingerprint density at radius 3 is 2.25 bits per heavy atom. The fourth-order valence-electron chi connectivity index (χ4n) is 0.381. The Bertz CT molecular complexity index is 45.7. The van der Waals surface area contributed by atoms with Gasteiger partial charge in [0.1, 0.15) is 0 Å². The van der Waals surface area contributed by atoms with Gasteiger partial charge < -0.3 is 9.47 Å². The Balaban J connectivity index is 3.07. The zero-order valence-corrected chi connectivity index (χ0v) is 6.15. The summed E-state index contributed by atoms with van der Waals surface area (Å²) in [6, 6.07) is 0. The van der Waals surface area contributed by atoms with Gasteiger partial charge in [0.25, 0.3) is 0 Å². The van der Waals surface area contributed by atoms with E-state index in [4.69, 9.17) is 9.47 Å². The van der Waals surface area contributed by atoms with Crippen molar-refractivity contribution in [2.75, 3.05) is 26.6 Å². The highest BCUT2D eigenvalue weighted by Gasteiger charge is 2.00. The number of hydrogen-bond acceptors (Lipinski definition) is 3. The quantitative estimate of drug-likeness (QED) is 0.570. The molecule has 0 aromatic rings. The van der Waals surface area contributed by atoms with Gasteiger partial charge in [-0.3, -0.25) is 0 Å². The molecule has 0 aromatic heterocycles. The van der Waals surface area contributed by atoms with Crippen molar-refractivity contribution in [1.29, 1.82) is 0 Å². The van der Waals surface area contributed by atoms with Crippen molar-refractivity contribution in [3.05, 3.63) is 0 Å². The molecule has 1 unspecified atom stereocenters. The monoisotopic (exact) mass is 136 g/mol.